The van der Waals surface area contributed by atoms with Crippen LogP contribution in [-0.2, 0) is 4.79 Å². The predicted molar refractivity (Wildman–Crippen MR) is 98.4 cm³/mol. The molecule has 25 heavy (non-hydrogen) atoms. The molecular formula is C19H18BrN3O2. The van der Waals surface area contributed by atoms with Gasteiger partial charge in [-0.1, -0.05) is 28.4 Å². The third-order valence-electron chi connectivity index (χ3n) is 4.94. The van der Waals surface area contributed by atoms with Crippen molar-refractivity contribution in [2.24, 2.45) is 0 Å². The summed E-state index contributed by atoms with van der Waals surface area (Å²) in [6, 6.07) is 9.68. The fourth-order valence-electron chi connectivity index (χ4n) is 3.71. The summed E-state index contributed by atoms with van der Waals surface area (Å²) in [6.45, 7) is 1.34. The van der Waals surface area contributed by atoms with E-state index in [1.807, 2.05) is 24.4 Å². The molecule has 0 unspecified atom stereocenters. The summed E-state index contributed by atoms with van der Waals surface area (Å²) < 4.78 is 0.806. The number of amides is 1. The van der Waals surface area contributed by atoms with E-state index >= 15 is 0 Å². The second-order valence-electron chi connectivity index (χ2n) is 6.48. The van der Waals surface area contributed by atoms with Crippen LogP contribution in [0.2, 0.25) is 0 Å². The van der Waals surface area contributed by atoms with Crippen molar-refractivity contribution in [1.82, 2.24) is 9.88 Å². The fourth-order valence-corrected chi connectivity index (χ4v) is 4.07. The lowest BCUT2D eigenvalue weighted by molar-refractivity contribution is -0.114. The highest BCUT2D eigenvalue weighted by molar-refractivity contribution is 9.10. The van der Waals surface area contributed by atoms with Gasteiger partial charge in [-0.25, -0.2) is 0 Å². The maximum absolute atomic E-state index is 12.5. The third kappa shape index (κ3) is 3.00. The van der Waals surface area contributed by atoms with Gasteiger partial charge in [0.05, 0.1) is 17.9 Å². The third-order valence-corrected chi connectivity index (χ3v) is 5.43. The molecule has 1 atom stereocenters. The first-order chi connectivity index (χ1) is 12.1. The highest BCUT2D eigenvalue weighted by atomic mass is 79.9. The number of aromatic nitrogens is 1. The molecule has 2 aromatic rings. The first kappa shape index (κ1) is 16.4. The van der Waals surface area contributed by atoms with Crippen LogP contribution in [0.15, 0.2) is 47.2 Å². The highest BCUT2D eigenvalue weighted by Crippen LogP contribution is 2.35. The van der Waals surface area contributed by atoms with Crippen LogP contribution in [0.1, 0.15) is 41.2 Å². The zero-order chi connectivity index (χ0) is 17.4. The number of fused-ring (bicyclic) bond motifs is 1. The van der Waals surface area contributed by atoms with Gasteiger partial charge in [0, 0.05) is 29.5 Å². The minimum atomic E-state index is -0.441. The van der Waals surface area contributed by atoms with Crippen molar-refractivity contribution in [2.75, 3.05) is 18.1 Å². The largest absolute Gasteiger partial charge is 0.300 e. The summed E-state index contributed by atoms with van der Waals surface area (Å²) in [6.07, 6.45) is 6.96. The maximum atomic E-state index is 12.5. The molecule has 2 aliphatic heterocycles. The van der Waals surface area contributed by atoms with Crippen molar-refractivity contribution in [3.63, 3.8) is 0 Å². The number of anilines is 1. The van der Waals surface area contributed by atoms with Crippen molar-refractivity contribution in [3.05, 3.63) is 58.3 Å². The minimum absolute atomic E-state index is 0.227. The van der Waals surface area contributed by atoms with Crippen LogP contribution in [0.3, 0.4) is 0 Å². The standard InChI is InChI=1S/C19H18BrN3O2/c20-14-6-7-17-15(10-14)18(24)19(25)23(17)12-22-9-2-1-5-16(22)13-4-3-8-21-11-13/h3-4,6-8,10-11,16H,1-2,5,9,12H2/t16-/m1/s1. The number of likely N-dealkylation sites (tertiary alicyclic amines) is 1. The molecule has 0 bridgehead atoms. The topological polar surface area (TPSA) is 53.5 Å². The number of ketones is 1. The number of carbonyl (C=O) groups is 2. The van der Waals surface area contributed by atoms with Gasteiger partial charge in [0.25, 0.3) is 5.78 Å². The summed E-state index contributed by atoms with van der Waals surface area (Å²) in [5, 5.41) is 0. The molecular weight excluding hydrogens is 382 g/mol. The lowest BCUT2D eigenvalue weighted by Crippen LogP contribution is -2.44. The zero-order valence-electron chi connectivity index (χ0n) is 13.7. The second-order valence-corrected chi connectivity index (χ2v) is 7.39. The lowest BCUT2D eigenvalue weighted by atomic mass is 9.97. The van der Waals surface area contributed by atoms with Crippen molar-refractivity contribution < 1.29 is 9.59 Å². The van der Waals surface area contributed by atoms with E-state index in [1.165, 1.54) is 0 Å². The Morgan fingerprint density at radius 3 is 2.88 bits per heavy atom. The molecule has 4 rings (SSSR count). The summed E-state index contributed by atoms with van der Waals surface area (Å²) in [4.78, 5) is 32.9. The Labute approximate surface area is 154 Å². The van der Waals surface area contributed by atoms with Crippen LogP contribution in [0, 0.1) is 0 Å². The normalized spacial score (nSPS) is 20.8. The number of carbonyl (C=O) groups excluding carboxylic acids is 2. The smallest absolute Gasteiger partial charge is 0.291 e. The summed E-state index contributed by atoms with van der Waals surface area (Å²) in [5.41, 5.74) is 2.35. The van der Waals surface area contributed by atoms with Gasteiger partial charge >= 0.3 is 5.91 Å². The SMILES string of the molecule is O=C1C(=O)N(CN2CCCC[C@@H]2c2cccnc2)c2ccc(Br)cc21. The fraction of sp³-hybridized carbons (Fsp3) is 0.316. The van der Waals surface area contributed by atoms with Crippen LogP contribution >= 0.6 is 15.9 Å². The van der Waals surface area contributed by atoms with Gasteiger partial charge in [0.1, 0.15) is 0 Å². The first-order valence-corrected chi connectivity index (χ1v) is 9.24. The van der Waals surface area contributed by atoms with Gasteiger partial charge in [-0.3, -0.25) is 24.4 Å². The summed E-state index contributed by atoms with van der Waals surface area (Å²) in [7, 11) is 0. The van der Waals surface area contributed by atoms with Gasteiger partial charge in [-0.2, -0.15) is 0 Å². The van der Waals surface area contributed by atoms with Gasteiger partial charge in [-0.15, -0.1) is 0 Å². The molecule has 3 heterocycles. The molecule has 1 aromatic carbocycles. The average molecular weight is 400 g/mol. The van der Waals surface area contributed by atoms with E-state index in [4.69, 9.17) is 0 Å². The number of hydrogen-bond acceptors (Lipinski definition) is 4. The number of nitrogens with zero attached hydrogens (tertiary/aromatic N) is 3. The number of hydrogen-bond donors (Lipinski definition) is 0. The average Bonchev–Trinajstić information content (AvgIpc) is 2.87. The van der Waals surface area contributed by atoms with Crippen LogP contribution in [0.25, 0.3) is 0 Å². The molecule has 1 amide bonds. The first-order valence-electron chi connectivity index (χ1n) is 8.45. The van der Waals surface area contributed by atoms with E-state index in [9.17, 15) is 9.59 Å². The van der Waals surface area contributed by atoms with Crippen molar-refractivity contribution in [1.29, 1.82) is 0 Å². The van der Waals surface area contributed by atoms with E-state index in [-0.39, 0.29) is 6.04 Å². The van der Waals surface area contributed by atoms with Crippen LogP contribution in [-0.4, -0.2) is 34.8 Å². The maximum Gasteiger partial charge on any atom is 0.300 e. The molecule has 0 spiro atoms. The number of piperidine rings is 1. The lowest BCUT2D eigenvalue weighted by Gasteiger charge is -2.38. The predicted octanol–water partition coefficient (Wildman–Crippen LogP) is 3.56. The Hall–Kier alpha value is -2.05. The van der Waals surface area contributed by atoms with E-state index in [2.05, 4.69) is 31.9 Å². The summed E-state index contributed by atoms with van der Waals surface area (Å²) >= 11 is 3.37. The van der Waals surface area contributed by atoms with E-state index in [0.717, 1.165) is 35.8 Å². The zero-order valence-corrected chi connectivity index (χ0v) is 15.3. The Kier molecular flexibility index (Phi) is 4.39. The number of rotatable bonds is 3. The van der Waals surface area contributed by atoms with Crippen LogP contribution in [0.4, 0.5) is 5.69 Å². The van der Waals surface area contributed by atoms with Crippen LogP contribution < -0.4 is 4.90 Å². The molecule has 0 radical (unpaired) electrons. The molecule has 0 aliphatic carbocycles. The molecule has 0 saturated carbocycles. The Bertz CT molecular complexity index is 825. The van der Waals surface area contributed by atoms with Crippen molar-refractivity contribution in [3.8, 4) is 0 Å². The molecule has 5 nitrogen and oxygen atoms in total. The number of pyridine rings is 1. The Morgan fingerprint density at radius 2 is 2.08 bits per heavy atom. The highest BCUT2D eigenvalue weighted by Gasteiger charge is 2.38. The van der Waals surface area contributed by atoms with Crippen molar-refractivity contribution in [2.45, 2.75) is 25.3 Å². The molecule has 6 heteroatoms. The summed E-state index contributed by atoms with van der Waals surface area (Å²) in [5.74, 6) is -0.866. The van der Waals surface area contributed by atoms with E-state index < -0.39 is 11.7 Å². The molecule has 128 valence electrons. The number of halogens is 1. The number of benzene rings is 1. The Morgan fingerprint density at radius 1 is 1.20 bits per heavy atom. The van der Waals surface area contributed by atoms with E-state index in [1.54, 1.807) is 17.2 Å². The second kappa shape index (κ2) is 6.69. The van der Waals surface area contributed by atoms with Gasteiger partial charge < -0.3 is 0 Å². The van der Waals surface area contributed by atoms with E-state index in [0.29, 0.717) is 17.9 Å². The molecule has 1 saturated heterocycles. The minimum Gasteiger partial charge on any atom is -0.291 e. The molecule has 1 aromatic heterocycles. The quantitative estimate of drug-likeness (QED) is 0.740. The van der Waals surface area contributed by atoms with Crippen molar-refractivity contribution >= 4 is 33.3 Å². The van der Waals surface area contributed by atoms with Gasteiger partial charge in [0.15, 0.2) is 0 Å². The van der Waals surface area contributed by atoms with Crippen LogP contribution in [0.5, 0.6) is 0 Å². The van der Waals surface area contributed by atoms with Gasteiger partial charge in [0.2, 0.25) is 0 Å². The molecule has 2 aliphatic rings. The Balaban J connectivity index is 1.63. The molecule has 0 N–H and O–H groups in total. The monoisotopic (exact) mass is 399 g/mol. The number of Topliss-reactive ketones (excluding diaryl/α,β-unsaturated/α-hetero) is 1. The van der Waals surface area contributed by atoms with Gasteiger partial charge in [-0.05, 0) is 42.7 Å². The molecule has 1 fully saturated rings.